The van der Waals surface area contributed by atoms with Gasteiger partial charge in [-0.2, -0.15) is 0 Å². The molecule has 2 aromatic carbocycles. The molecule has 0 aliphatic heterocycles. The van der Waals surface area contributed by atoms with Gasteiger partial charge in [0.25, 0.3) is 11.8 Å². The molecule has 2 N–H and O–H groups in total. The molecule has 0 spiro atoms. The van der Waals surface area contributed by atoms with E-state index in [9.17, 15) is 14.4 Å². The van der Waals surface area contributed by atoms with Gasteiger partial charge in [0.2, 0.25) is 0 Å². The molecular formula is C23H28N2O4. The molecule has 2 amide bonds. The average molecular weight is 396 g/mol. The predicted molar refractivity (Wildman–Crippen MR) is 113 cm³/mol. The lowest BCUT2D eigenvalue weighted by Crippen LogP contribution is -2.32. The second kappa shape index (κ2) is 10.4. The molecule has 2 rings (SSSR count). The zero-order valence-electron chi connectivity index (χ0n) is 17.3. The Hall–Kier alpha value is -3.15. The van der Waals surface area contributed by atoms with Gasteiger partial charge in [-0.15, -0.1) is 0 Å². The Morgan fingerprint density at radius 1 is 0.862 bits per heavy atom. The van der Waals surface area contributed by atoms with Crippen LogP contribution in [0.5, 0.6) is 0 Å². The zero-order valence-corrected chi connectivity index (χ0v) is 17.3. The van der Waals surface area contributed by atoms with Crippen LogP contribution < -0.4 is 10.6 Å². The Morgan fingerprint density at radius 2 is 1.45 bits per heavy atom. The first-order valence-corrected chi connectivity index (χ1v) is 9.71. The number of nitrogens with one attached hydrogen (secondary N) is 2. The first-order valence-electron chi connectivity index (χ1n) is 9.71. The molecule has 2 aromatic rings. The van der Waals surface area contributed by atoms with Crippen molar-refractivity contribution in [2.45, 2.75) is 39.5 Å². The van der Waals surface area contributed by atoms with Crippen LogP contribution in [-0.2, 0) is 14.3 Å². The Morgan fingerprint density at radius 3 is 2.00 bits per heavy atom. The predicted octanol–water partition coefficient (Wildman–Crippen LogP) is 3.85. The lowest BCUT2D eigenvalue weighted by Gasteiger charge is -2.20. The summed E-state index contributed by atoms with van der Waals surface area (Å²) >= 11 is 0. The van der Waals surface area contributed by atoms with E-state index < -0.39 is 18.5 Å². The third kappa shape index (κ3) is 6.45. The van der Waals surface area contributed by atoms with Crippen LogP contribution in [0.2, 0.25) is 0 Å². The van der Waals surface area contributed by atoms with Crippen molar-refractivity contribution >= 4 is 23.5 Å². The van der Waals surface area contributed by atoms with Crippen molar-refractivity contribution < 1.29 is 19.1 Å². The zero-order chi connectivity index (χ0) is 21.4. The van der Waals surface area contributed by atoms with E-state index >= 15 is 0 Å². The van der Waals surface area contributed by atoms with E-state index in [-0.39, 0.29) is 24.3 Å². The first-order chi connectivity index (χ1) is 13.8. The number of carbonyl (C=O) groups is 3. The smallest absolute Gasteiger partial charge is 0.325 e. The molecule has 0 atom stereocenters. The Kier molecular flexibility index (Phi) is 7.95. The van der Waals surface area contributed by atoms with Gasteiger partial charge in [-0.1, -0.05) is 64.1 Å². The minimum atomic E-state index is -0.675. The third-order valence-electron chi connectivity index (χ3n) is 4.43. The number of para-hydroxylation sites is 1. The molecule has 0 aromatic heterocycles. The summed E-state index contributed by atoms with van der Waals surface area (Å²) in [5.41, 5.74) is 3.29. The summed E-state index contributed by atoms with van der Waals surface area (Å²) in [4.78, 5) is 36.2. The van der Waals surface area contributed by atoms with Gasteiger partial charge in [0.15, 0.2) is 6.61 Å². The quantitative estimate of drug-likeness (QED) is 0.664. The highest BCUT2D eigenvalue weighted by Crippen LogP contribution is 2.32. The maximum Gasteiger partial charge on any atom is 0.325 e. The maximum absolute atomic E-state index is 12.4. The van der Waals surface area contributed by atoms with Crippen molar-refractivity contribution in [1.82, 2.24) is 5.32 Å². The van der Waals surface area contributed by atoms with Gasteiger partial charge in [-0.05, 0) is 35.1 Å². The molecule has 154 valence electrons. The molecular weight excluding hydrogens is 368 g/mol. The number of amides is 2. The second-order valence-electron chi connectivity index (χ2n) is 7.38. The standard InChI is InChI=1S/C23H28N2O4/c1-15(2)18-11-8-12-19(16(3)4)22(18)25-20(26)14-29-21(27)13-24-23(28)17-9-6-5-7-10-17/h5-12,15-16H,13-14H2,1-4H3,(H,24,28)(H,25,26). The molecule has 0 radical (unpaired) electrons. The van der Waals surface area contributed by atoms with E-state index in [0.717, 1.165) is 16.8 Å². The second-order valence-corrected chi connectivity index (χ2v) is 7.38. The molecule has 0 saturated heterocycles. The molecule has 0 heterocycles. The van der Waals surface area contributed by atoms with Crippen molar-refractivity contribution in [3.63, 3.8) is 0 Å². The monoisotopic (exact) mass is 396 g/mol. The van der Waals surface area contributed by atoms with Crippen LogP contribution >= 0.6 is 0 Å². The Balaban J connectivity index is 1.90. The molecule has 6 heteroatoms. The van der Waals surface area contributed by atoms with Crippen LogP contribution in [0, 0.1) is 0 Å². The van der Waals surface area contributed by atoms with Crippen molar-refractivity contribution in [3.8, 4) is 0 Å². The summed E-state index contributed by atoms with van der Waals surface area (Å²) in [6.07, 6.45) is 0. The lowest BCUT2D eigenvalue weighted by atomic mass is 9.92. The molecule has 29 heavy (non-hydrogen) atoms. The average Bonchev–Trinajstić information content (AvgIpc) is 2.70. The van der Waals surface area contributed by atoms with E-state index in [1.165, 1.54) is 0 Å². The van der Waals surface area contributed by atoms with Gasteiger partial charge in [0.05, 0.1) is 0 Å². The Labute approximate surface area is 171 Å². The van der Waals surface area contributed by atoms with Crippen LogP contribution in [-0.4, -0.2) is 30.9 Å². The lowest BCUT2D eigenvalue weighted by molar-refractivity contribution is -0.146. The highest BCUT2D eigenvalue weighted by molar-refractivity contribution is 5.97. The van der Waals surface area contributed by atoms with Crippen LogP contribution in [0.1, 0.15) is 61.0 Å². The van der Waals surface area contributed by atoms with Gasteiger partial charge < -0.3 is 15.4 Å². The highest BCUT2D eigenvalue weighted by Gasteiger charge is 2.17. The fraction of sp³-hybridized carbons (Fsp3) is 0.348. The number of esters is 1. The number of anilines is 1. The minimum Gasteiger partial charge on any atom is -0.454 e. The van der Waals surface area contributed by atoms with Gasteiger partial charge in [-0.3, -0.25) is 14.4 Å². The summed E-state index contributed by atoms with van der Waals surface area (Å²) in [6, 6.07) is 14.5. The third-order valence-corrected chi connectivity index (χ3v) is 4.43. The van der Waals surface area contributed by atoms with Crippen molar-refractivity contribution in [1.29, 1.82) is 0 Å². The summed E-state index contributed by atoms with van der Waals surface area (Å²) in [5, 5.41) is 5.36. The van der Waals surface area contributed by atoms with E-state index in [1.54, 1.807) is 30.3 Å². The number of benzene rings is 2. The maximum atomic E-state index is 12.4. The molecule has 0 fully saturated rings. The van der Waals surface area contributed by atoms with Crippen LogP contribution in [0.25, 0.3) is 0 Å². The highest BCUT2D eigenvalue weighted by atomic mass is 16.5. The summed E-state index contributed by atoms with van der Waals surface area (Å²) in [6.45, 7) is 7.52. The molecule has 6 nitrogen and oxygen atoms in total. The van der Waals surface area contributed by atoms with Gasteiger partial charge >= 0.3 is 5.97 Å². The molecule has 0 unspecified atom stereocenters. The van der Waals surface area contributed by atoms with Crippen molar-refractivity contribution in [2.75, 3.05) is 18.5 Å². The van der Waals surface area contributed by atoms with E-state index in [0.29, 0.717) is 5.56 Å². The SMILES string of the molecule is CC(C)c1cccc(C(C)C)c1NC(=O)COC(=O)CNC(=O)c1ccccc1. The summed E-state index contributed by atoms with van der Waals surface area (Å²) < 4.78 is 5.00. The molecule has 0 bridgehead atoms. The Bertz CT molecular complexity index is 834. The van der Waals surface area contributed by atoms with Gasteiger partial charge in [-0.25, -0.2) is 0 Å². The van der Waals surface area contributed by atoms with Gasteiger partial charge in [0.1, 0.15) is 6.54 Å². The fourth-order valence-corrected chi connectivity index (χ4v) is 2.91. The van der Waals surface area contributed by atoms with E-state index in [2.05, 4.69) is 38.3 Å². The van der Waals surface area contributed by atoms with E-state index in [1.807, 2.05) is 18.2 Å². The number of carbonyl (C=O) groups excluding carboxylic acids is 3. The van der Waals surface area contributed by atoms with Crippen molar-refractivity contribution in [2.24, 2.45) is 0 Å². The van der Waals surface area contributed by atoms with Crippen molar-refractivity contribution in [3.05, 3.63) is 65.2 Å². The largest absolute Gasteiger partial charge is 0.454 e. The normalized spacial score (nSPS) is 10.7. The molecule has 0 aliphatic rings. The number of hydrogen-bond donors (Lipinski definition) is 2. The number of hydrogen-bond acceptors (Lipinski definition) is 4. The minimum absolute atomic E-state index is 0.236. The van der Waals surface area contributed by atoms with E-state index in [4.69, 9.17) is 4.74 Å². The molecule has 0 aliphatic carbocycles. The summed E-state index contributed by atoms with van der Waals surface area (Å²) in [7, 11) is 0. The summed E-state index contributed by atoms with van der Waals surface area (Å²) in [5.74, 6) is -0.993. The van der Waals surface area contributed by atoms with Crippen LogP contribution in [0.3, 0.4) is 0 Å². The van der Waals surface area contributed by atoms with Crippen LogP contribution in [0.4, 0.5) is 5.69 Å². The fourth-order valence-electron chi connectivity index (χ4n) is 2.91. The number of rotatable bonds is 8. The number of ether oxygens (including phenoxy) is 1. The van der Waals surface area contributed by atoms with Gasteiger partial charge in [0, 0.05) is 11.3 Å². The molecule has 0 saturated carbocycles. The first kappa shape index (κ1) is 22.1. The van der Waals surface area contributed by atoms with Crippen LogP contribution in [0.15, 0.2) is 48.5 Å². The topological polar surface area (TPSA) is 84.5 Å².